The standard InChI is InChI=1S/C21H30F3N3O3S/c1-16(20(28)25-18-6-4-2-3-5-7-18)26-12-14-27(15-13-26)31(29,30)19-10-8-17(9-11-19)21(22,23)24/h8-11,16,18H,2-7,12-15H2,1H3,(H,25,28). The van der Waals surface area contributed by atoms with E-state index in [0.29, 0.717) is 13.1 Å². The molecule has 1 saturated carbocycles. The minimum atomic E-state index is -4.51. The van der Waals surface area contributed by atoms with Crippen LogP contribution in [-0.2, 0) is 21.0 Å². The van der Waals surface area contributed by atoms with E-state index >= 15 is 0 Å². The van der Waals surface area contributed by atoms with Crippen molar-refractivity contribution in [2.75, 3.05) is 26.2 Å². The fourth-order valence-electron chi connectivity index (χ4n) is 4.21. The molecule has 1 aliphatic heterocycles. The zero-order valence-electron chi connectivity index (χ0n) is 17.7. The second kappa shape index (κ2) is 9.87. The SMILES string of the molecule is CC(C(=O)NC1CCCCCC1)N1CCN(S(=O)(=O)c2ccc(C(F)(F)F)cc2)CC1. The lowest BCUT2D eigenvalue weighted by Crippen LogP contribution is -2.55. The number of alkyl halides is 3. The first-order chi connectivity index (χ1) is 14.6. The highest BCUT2D eigenvalue weighted by atomic mass is 32.2. The summed E-state index contributed by atoms with van der Waals surface area (Å²) in [4.78, 5) is 14.4. The normalized spacial score (nSPS) is 21.4. The monoisotopic (exact) mass is 461 g/mol. The number of carbonyl (C=O) groups is 1. The Labute approximate surface area is 181 Å². The van der Waals surface area contributed by atoms with Gasteiger partial charge in [0.1, 0.15) is 0 Å². The van der Waals surface area contributed by atoms with Gasteiger partial charge in [0.25, 0.3) is 0 Å². The maximum Gasteiger partial charge on any atom is 0.416 e. The van der Waals surface area contributed by atoms with Crippen molar-refractivity contribution in [3.05, 3.63) is 29.8 Å². The van der Waals surface area contributed by atoms with Crippen molar-refractivity contribution in [2.45, 2.75) is 68.6 Å². The number of hydrogen-bond donors (Lipinski definition) is 1. The summed E-state index contributed by atoms with van der Waals surface area (Å²) in [6, 6.07) is 3.39. The van der Waals surface area contributed by atoms with E-state index in [1.165, 1.54) is 17.1 Å². The van der Waals surface area contributed by atoms with Crippen LogP contribution in [0.2, 0.25) is 0 Å². The Morgan fingerprint density at radius 1 is 1.00 bits per heavy atom. The van der Waals surface area contributed by atoms with Crippen LogP contribution in [0.25, 0.3) is 0 Å². The number of carbonyl (C=O) groups excluding carboxylic acids is 1. The Kier molecular flexibility index (Phi) is 7.64. The molecule has 31 heavy (non-hydrogen) atoms. The molecule has 10 heteroatoms. The molecular formula is C21H30F3N3O3S. The van der Waals surface area contributed by atoms with Crippen LogP contribution >= 0.6 is 0 Å². The van der Waals surface area contributed by atoms with Gasteiger partial charge >= 0.3 is 6.18 Å². The smallest absolute Gasteiger partial charge is 0.352 e. The number of halogens is 3. The zero-order chi connectivity index (χ0) is 22.6. The highest BCUT2D eigenvalue weighted by Crippen LogP contribution is 2.30. The summed E-state index contributed by atoms with van der Waals surface area (Å²) < 4.78 is 65.0. The number of nitrogens with zero attached hydrogens (tertiary/aromatic N) is 2. The van der Waals surface area contributed by atoms with Gasteiger partial charge in [-0.2, -0.15) is 17.5 Å². The lowest BCUT2D eigenvalue weighted by atomic mass is 10.1. The molecule has 1 saturated heterocycles. The van der Waals surface area contributed by atoms with E-state index in [1.54, 1.807) is 0 Å². The minimum absolute atomic E-state index is 0.0362. The Hall–Kier alpha value is -1.65. The Morgan fingerprint density at radius 2 is 1.55 bits per heavy atom. The van der Waals surface area contributed by atoms with Gasteiger partial charge in [0, 0.05) is 32.2 Å². The summed E-state index contributed by atoms with van der Waals surface area (Å²) in [5.41, 5.74) is -0.884. The Balaban J connectivity index is 1.56. The Bertz CT molecular complexity index is 843. The molecule has 0 bridgehead atoms. The molecular weight excluding hydrogens is 431 g/mol. The van der Waals surface area contributed by atoms with Gasteiger partial charge in [-0.15, -0.1) is 0 Å². The van der Waals surface area contributed by atoms with E-state index < -0.39 is 21.8 Å². The molecule has 0 radical (unpaired) electrons. The first-order valence-electron chi connectivity index (χ1n) is 10.8. The van der Waals surface area contributed by atoms with Crippen LogP contribution in [0.3, 0.4) is 0 Å². The molecule has 1 heterocycles. The van der Waals surface area contributed by atoms with E-state index in [9.17, 15) is 26.4 Å². The molecule has 1 atom stereocenters. The summed E-state index contributed by atoms with van der Waals surface area (Å²) in [5, 5.41) is 3.14. The number of hydrogen-bond acceptors (Lipinski definition) is 4. The van der Waals surface area contributed by atoms with Crippen molar-refractivity contribution in [3.8, 4) is 0 Å². The first kappa shape index (κ1) is 24.0. The molecule has 1 aromatic carbocycles. The van der Waals surface area contributed by atoms with Crippen LogP contribution in [-0.4, -0.2) is 61.8 Å². The van der Waals surface area contributed by atoms with Crippen LogP contribution in [0.15, 0.2) is 29.2 Å². The zero-order valence-corrected chi connectivity index (χ0v) is 18.5. The predicted octanol–water partition coefficient (Wildman–Crippen LogP) is 3.24. The van der Waals surface area contributed by atoms with Crippen molar-refractivity contribution in [1.29, 1.82) is 0 Å². The average molecular weight is 462 g/mol. The van der Waals surface area contributed by atoms with Gasteiger partial charge in [0.05, 0.1) is 16.5 Å². The second-order valence-corrected chi connectivity index (χ2v) is 10.3. The van der Waals surface area contributed by atoms with Gasteiger partial charge in [0.2, 0.25) is 15.9 Å². The van der Waals surface area contributed by atoms with Gasteiger partial charge in [0.15, 0.2) is 0 Å². The van der Waals surface area contributed by atoms with Crippen molar-refractivity contribution in [1.82, 2.24) is 14.5 Å². The molecule has 1 amide bonds. The average Bonchev–Trinajstić information content (AvgIpc) is 3.01. The number of piperazine rings is 1. The summed E-state index contributed by atoms with van der Waals surface area (Å²) in [7, 11) is -3.88. The third-order valence-corrected chi connectivity index (χ3v) is 8.13. The summed E-state index contributed by atoms with van der Waals surface area (Å²) >= 11 is 0. The molecule has 2 aliphatic rings. The lowest BCUT2D eigenvalue weighted by Gasteiger charge is -2.37. The molecule has 174 valence electrons. The Morgan fingerprint density at radius 3 is 2.06 bits per heavy atom. The number of amides is 1. The first-order valence-corrected chi connectivity index (χ1v) is 12.2. The molecule has 6 nitrogen and oxygen atoms in total. The number of benzene rings is 1. The van der Waals surface area contributed by atoms with Gasteiger partial charge in [-0.3, -0.25) is 9.69 Å². The number of nitrogens with one attached hydrogen (secondary N) is 1. The molecule has 1 aromatic rings. The van der Waals surface area contributed by atoms with E-state index in [0.717, 1.165) is 49.9 Å². The predicted molar refractivity (Wildman–Crippen MR) is 111 cm³/mol. The van der Waals surface area contributed by atoms with Crippen LogP contribution in [0.4, 0.5) is 13.2 Å². The quantitative estimate of drug-likeness (QED) is 0.684. The molecule has 0 spiro atoms. The van der Waals surface area contributed by atoms with Gasteiger partial charge in [-0.1, -0.05) is 25.7 Å². The molecule has 2 fully saturated rings. The fourth-order valence-corrected chi connectivity index (χ4v) is 5.63. The van der Waals surface area contributed by atoms with E-state index in [-0.39, 0.29) is 36.0 Å². The second-order valence-electron chi connectivity index (χ2n) is 8.34. The van der Waals surface area contributed by atoms with Crippen molar-refractivity contribution in [2.24, 2.45) is 0 Å². The van der Waals surface area contributed by atoms with Gasteiger partial charge < -0.3 is 5.32 Å². The van der Waals surface area contributed by atoms with Crippen LogP contribution < -0.4 is 5.32 Å². The van der Waals surface area contributed by atoms with Gasteiger partial charge in [-0.05, 0) is 44.0 Å². The third kappa shape index (κ3) is 5.98. The van der Waals surface area contributed by atoms with Gasteiger partial charge in [-0.25, -0.2) is 8.42 Å². The summed E-state index contributed by atoms with van der Waals surface area (Å²) in [6.07, 6.45) is 2.14. The van der Waals surface area contributed by atoms with Crippen LogP contribution in [0, 0.1) is 0 Å². The summed E-state index contributed by atoms with van der Waals surface area (Å²) in [5.74, 6) is -0.0362. The van der Waals surface area contributed by atoms with E-state index in [2.05, 4.69) is 5.32 Å². The molecule has 1 aliphatic carbocycles. The maximum atomic E-state index is 12.8. The number of rotatable bonds is 5. The highest BCUT2D eigenvalue weighted by Gasteiger charge is 2.34. The molecule has 1 N–H and O–H groups in total. The number of sulfonamides is 1. The lowest BCUT2D eigenvalue weighted by molar-refractivity contribution is -0.137. The molecule has 1 unspecified atom stereocenters. The van der Waals surface area contributed by atoms with E-state index in [1.807, 2.05) is 11.8 Å². The van der Waals surface area contributed by atoms with Crippen molar-refractivity contribution >= 4 is 15.9 Å². The van der Waals surface area contributed by atoms with E-state index in [4.69, 9.17) is 0 Å². The van der Waals surface area contributed by atoms with Crippen molar-refractivity contribution in [3.63, 3.8) is 0 Å². The van der Waals surface area contributed by atoms with Crippen LogP contribution in [0.5, 0.6) is 0 Å². The topological polar surface area (TPSA) is 69.7 Å². The highest BCUT2D eigenvalue weighted by molar-refractivity contribution is 7.89. The minimum Gasteiger partial charge on any atom is -0.352 e. The van der Waals surface area contributed by atoms with Crippen molar-refractivity contribution < 1.29 is 26.4 Å². The molecule has 0 aromatic heterocycles. The summed E-state index contributed by atoms with van der Waals surface area (Å²) in [6.45, 7) is 2.97. The third-order valence-electron chi connectivity index (χ3n) is 6.22. The van der Waals surface area contributed by atoms with Crippen LogP contribution in [0.1, 0.15) is 51.0 Å². The molecule has 3 rings (SSSR count). The maximum absolute atomic E-state index is 12.8. The fraction of sp³-hybridized carbons (Fsp3) is 0.667. The largest absolute Gasteiger partial charge is 0.416 e.